The van der Waals surface area contributed by atoms with Crippen LogP contribution < -0.4 is 9.64 Å². The summed E-state index contributed by atoms with van der Waals surface area (Å²) in [5.41, 5.74) is 0.758. The van der Waals surface area contributed by atoms with Gasteiger partial charge < -0.3 is 19.3 Å². The van der Waals surface area contributed by atoms with E-state index in [-0.39, 0.29) is 35.1 Å². The van der Waals surface area contributed by atoms with Crippen LogP contribution in [0.1, 0.15) is 38.5 Å². The van der Waals surface area contributed by atoms with Gasteiger partial charge in [-0.25, -0.2) is 4.39 Å². The van der Waals surface area contributed by atoms with Crippen molar-refractivity contribution < 1.29 is 18.7 Å². The molecule has 2 bridgehead atoms. The summed E-state index contributed by atoms with van der Waals surface area (Å²) >= 11 is 6.66. The molecule has 4 aromatic rings. The first-order valence-corrected chi connectivity index (χ1v) is 19.1. The van der Waals surface area contributed by atoms with E-state index in [2.05, 4.69) is 20.9 Å². The number of amides is 1. The first-order chi connectivity index (χ1) is 25.9. The van der Waals surface area contributed by atoms with Crippen molar-refractivity contribution in [2.45, 2.75) is 62.3 Å². The van der Waals surface area contributed by atoms with Crippen molar-refractivity contribution in [2.24, 2.45) is 0 Å². The maximum atomic E-state index is 16.9. The van der Waals surface area contributed by atoms with Gasteiger partial charge in [-0.2, -0.15) is 15.2 Å². The van der Waals surface area contributed by atoms with Gasteiger partial charge in [0, 0.05) is 67.0 Å². The van der Waals surface area contributed by atoms with Crippen LogP contribution in [0, 0.1) is 17.1 Å². The highest BCUT2D eigenvalue weighted by molar-refractivity contribution is 6.36. The molecule has 0 N–H and O–H groups in total. The summed E-state index contributed by atoms with van der Waals surface area (Å²) in [6.45, 7) is 6.01. The number of anilines is 1. The van der Waals surface area contributed by atoms with Crippen LogP contribution in [0.2, 0.25) is 5.02 Å². The highest BCUT2D eigenvalue weighted by atomic mass is 35.5. The van der Waals surface area contributed by atoms with Gasteiger partial charge in [0.25, 0.3) is 0 Å². The van der Waals surface area contributed by atoms with Crippen molar-refractivity contribution in [1.29, 1.82) is 5.26 Å². The molecular formula is C40H42ClFN8O3. The Morgan fingerprint density at radius 1 is 1.11 bits per heavy atom. The monoisotopic (exact) mass is 736 g/mol. The maximum Gasteiger partial charge on any atom is 0.319 e. The smallest absolute Gasteiger partial charge is 0.319 e. The molecule has 1 amide bonds. The van der Waals surface area contributed by atoms with E-state index in [1.165, 1.54) is 0 Å². The molecule has 0 aliphatic carbocycles. The van der Waals surface area contributed by atoms with E-state index >= 15 is 4.39 Å². The Kier molecular flexibility index (Phi) is 9.14. The third-order valence-corrected chi connectivity index (χ3v) is 12.4. The van der Waals surface area contributed by atoms with Crippen LogP contribution in [0.25, 0.3) is 32.9 Å². The van der Waals surface area contributed by atoms with Crippen LogP contribution in [0.5, 0.6) is 6.01 Å². The quantitative estimate of drug-likeness (QED) is 0.201. The van der Waals surface area contributed by atoms with Crippen molar-refractivity contribution >= 4 is 45.0 Å². The molecule has 5 fully saturated rings. The van der Waals surface area contributed by atoms with E-state index < -0.39 is 11.9 Å². The Hall–Kier alpha value is -4.41. The molecule has 13 heteroatoms. The Morgan fingerprint density at radius 2 is 1.94 bits per heavy atom. The lowest BCUT2D eigenvalue weighted by Gasteiger charge is -2.41. The van der Waals surface area contributed by atoms with Gasteiger partial charge in [0.1, 0.15) is 23.6 Å². The summed E-state index contributed by atoms with van der Waals surface area (Å²) in [5.74, 6) is -0.233. The van der Waals surface area contributed by atoms with Gasteiger partial charge in [0.2, 0.25) is 5.91 Å². The second kappa shape index (κ2) is 14.1. The van der Waals surface area contributed by atoms with Gasteiger partial charge in [-0.15, -0.1) is 0 Å². The zero-order valence-corrected chi connectivity index (χ0v) is 30.3. The largest absolute Gasteiger partial charge is 0.461 e. The van der Waals surface area contributed by atoms with Crippen molar-refractivity contribution in [1.82, 2.24) is 29.7 Å². The predicted octanol–water partition coefficient (Wildman–Crippen LogP) is 5.60. The van der Waals surface area contributed by atoms with Crippen molar-refractivity contribution in [3.8, 4) is 23.3 Å². The lowest BCUT2D eigenvalue weighted by atomic mass is 9.95. The molecule has 0 spiro atoms. The molecule has 0 unspecified atom stereocenters. The average molecular weight is 737 g/mol. The van der Waals surface area contributed by atoms with Gasteiger partial charge in [-0.3, -0.25) is 19.6 Å². The van der Waals surface area contributed by atoms with Crippen LogP contribution in [-0.4, -0.2) is 118 Å². The number of nitriles is 1. The van der Waals surface area contributed by atoms with Gasteiger partial charge in [0.05, 0.1) is 42.2 Å². The molecule has 7 heterocycles. The number of hydrogen-bond acceptors (Lipinski definition) is 10. The topological polar surface area (TPSA) is 111 Å². The number of rotatable bonds is 9. The lowest BCUT2D eigenvalue weighted by Crippen LogP contribution is -2.55. The van der Waals surface area contributed by atoms with Crippen LogP contribution in [0.3, 0.4) is 0 Å². The number of piperazine rings is 1. The molecule has 274 valence electrons. The fraction of sp³-hybridized carbons (Fsp3) is 0.475. The molecular weight excluding hydrogens is 695 g/mol. The minimum Gasteiger partial charge on any atom is -0.461 e. The Labute approximate surface area is 312 Å². The van der Waals surface area contributed by atoms with E-state index in [4.69, 9.17) is 31.0 Å². The number of halogens is 2. The number of morpholine rings is 1. The summed E-state index contributed by atoms with van der Waals surface area (Å²) in [7, 11) is 0. The highest BCUT2D eigenvalue weighted by Gasteiger charge is 2.45. The van der Waals surface area contributed by atoms with E-state index in [9.17, 15) is 10.1 Å². The standard InChI is InChI=1S/C40H42ClFN8O3/c41-32-9-2-7-26-6-1-8-30(34(26)32)36-35(42)37-31(21-44-36)38(46-39(45-37)53-25-40-12-4-16-49(40)17-5-13-40)48-18-19-50(27(22-48)11-14-43)33(51)10-3-15-47-23-29-20-28(47)24-52-29/h1-3,6-10,21,27-29H,4-5,11-13,15-20,22-25H2/b10-3+/t27-,28+,29+/m0/s1. The Bertz CT molecular complexity index is 2130. The van der Waals surface area contributed by atoms with Gasteiger partial charge in [-0.05, 0) is 56.6 Å². The van der Waals surface area contributed by atoms with Crippen molar-refractivity contribution in [2.75, 3.05) is 63.9 Å². The van der Waals surface area contributed by atoms with E-state index in [0.29, 0.717) is 72.1 Å². The summed E-state index contributed by atoms with van der Waals surface area (Å²) in [6.07, 6.45) is 11.0. The Morgan fingerprint density at radius 3 is 2.72 bits per heavy atom. The van der Waals surface area contributed by atoms with E-state index in [1.54, 1.807) is 23.2 Å². The fourth-order valence-electron chi connectivity index (χ4n) is 9.37. The minimum absolute atomic E-state index is 0.0559. The molecule has 5 saturated heterocycles. The van der Waals surface area contributed by atoms with Gasteiger partial charge in [-0.1, -0.05) is 48.0 Å². The van der Waals surface area contributed by atoms with Crippen LogP contribution >= 0.6 is 11.6 Å². The first-order valence-electron chi connectivity index (χ1n) is 18.8. The Balaban J connectivity index is 1.04. The summed E-state index contributed by atoms with van der Waals surface area (Å²) in [5, 5.41) is 12.4. The zero-order chi connectivity index (χ0) is 36.1. The van der Waals surface area contributed by atoms with Crippen LogP contribution in [-0.2, 0) is 9.53 Å². The van der Waals surface area contributed by atoms with Crippen molar-refractivity contribution in [3.05, 3.63) is 65.6 Å². The van der Waals surface area contributed by atoms with Crippen LogP contribution in [0.4, 0.5) is 10.2 Å². The van der Waals surface area contributed by atoms with E-state index in [1.807, 2.05) is 41.3 Å². The minimum atomic E-state index is -0.588. The number of benzene rings is 2. The molecule has 11 nitrogen and oxygen atoms in total. The second-order valence-electron chi connectivity index (χ2n) is 15.1. The molecule has 0 saturated carbocycles. The SMILES string of the molecule is N#CC[C@H]1CN(c2nc(OCC34CCCN3CCC4)nc3c(F)c(-c4cccc5cccc(Cl)c45)ncc23)CCN1C(=O)/C=C/CN1C[C@H]2C[C@@H]1CO2. The first kappa shape index (κ1) is 34.4. The molecule has 2 aromatic carbocycles. The number of hydrogen-bond donors (Lipinski definition) is 0. The summed E-state index contributed by atoms with van der Waals surface area (Å²) in [4.78, 5) is 36.4. The van der Waals surface area contributed by atoms with Crippen molar-refractivity contribution in [3.63, 3.8) is 0 Å². The van der Waals surface area contributed by atoms with Gasteiger partial charge >= 0.3 is 6.01 Å². The normalized spacial score (nSPS) is 24.1. The molecule has 53 heavy (non-hydrogen) atoms. The number of ether oxygens (including phenoxy) is 2. The molecule has 3 atom stereocenters. The molecule has 5 aliphatic heterocycles. The van der Waals surface area contributed by atoms with E-state index in [0.717, 1.165) is 63.7 Å². The maximum absolute atomic E-state index is 16.9. The number of carbonyl (C=O) groups excluding carboxylic acids is 1. The number of nitrogens with zero attached hydrogens (tertiary/aromatic N) is 8. The number of carbonyl (C=O) groups is 1. The predicted molar refractivity (Wildman–Crippen MR) is 200 cm³/mol. The number of aromatic nitrogens is 3. The highest BCUT2D eigenvalue weighted by Crippen LogP contribution is 2.41. The number of fused-ring (bicyclic) bond motifs is 5. The number of likely N-dealkylation sites (tertiary alicyclic amines) is 1. The lowest BCUT2D eigenvalue weighted by molar-refractivity contribution is -0.128. The summed E-state index contributed by atoms with van der Waals surface area (Å²) in [6, 6.07) is 13.6. The third-order valence-electron chi connectivity index (χ3n) is 12.0. The molecule has 2 aromatic heterocycles. The number of pyridine rings is 1. The van der Waals surface area contributed by atoms with Crippen LogP contribution in [0.15, 0.2) is 54.7 Å². The molecule has 5 aliphatic rings. The zero-order valence-electron chi connectivity index (χ0n) is 29.6. The second-order valence-corrected chi connectivity index (χ2v) is 15.5. The molecule has 0 radical (unpaired) electrons. The third kappa shape index (κ3) is 6.27. The molecule has 9 rings (SSSR count). The summed E-state index contributed by atoms with van der Waals surface area (Å²) < 4.78 is 29.1. The van der Waals surface area contributed by atoms with Gasteiger partial charge in [0.15, 0.2) is 5.82 Å². The average Bonchev–Trinajstić information content (AvgIpc) is 3.97. The fourth-order valence-corrected chi connectivity index (χ4v) is 9.66.